The Bertz CT molecular complexity index is 868. The molecule has 0 radical (unpaired) electrons. The van der Waals surface area contributed by atoms with Gasteiger partial charge in [-0.15, -0.1) is 10.2 Å². The van der Waals surface area contributed by atoms with Crippen molar-refractivity contribution in [1.29, 1.82) is 0 Å². The van der Waals surface area contributed by atoms with Crippen molar-refractivity contribution in [3.63, 3.8) is 0 Å². The zero-order valence-corrected chi connectivity index (χ0v) is 14.9. The van der Waals surface area contributed by atoms with Crippen molar-refractivity contribution in [3.05, 3.63) is 47.7 Å². The lowest BCUT2D eigenvalue weighted by Crippen LogP contribution is -2.49. The van der Waals surface area contributed by atoms with E-state index in [1.165, 1.54) is 6.07 Å². The summed E-state index contributed by atoms with van der Waals surface area (Å²) < 4.78 is 22.4. The highest BCUT2D eigenvalue weighted by Crippen LogP contribution is 2.20. The summed E-state index contributed by atoms with van der Waals surface area (Å²) in [5.74, 6) is -0.832. The lowest BCUT2D eigenvalue weighted by Gasteiger charge is -2.35. The normalized spacial score (nSPS) is 15.3. The molecular formula is C16H17N5O5S. The van der Waals surface area contributed by atoms with Crippen LogP contribution in [0.2, 0.25) is 0 Å². The first-order valence-electron chi connectivity index (χ1n) is 8.03. The third kappa shape index (κ3) is 4.38. The standard InChI is InChI=1S/C16H17N5O5S/c22-15(11-3-1-2-4-12(11)19-27(25)26)21-9-7-20(8-10-21)14-6-5-13(16(23)24)17-18-14/h1-6,19H,7-10H2,(H,23,24)(H,25,26). The van der Waals surface area contributed by atoms with Gasteiger partial charge in [-0.1, -0.05) is 12.1 Å². The highest BCUT2D eigenvalue weighted by molar-refractivity contribution is 7.80. The SMILES string of the molecule is O=C(O)c1ccc(N2CCN(C(=O)c3ccccc3NS(=O)O)CC2)nn1. The van der Waals surface area contributed by atoms with E-state index in [2.05, 4.69) is 14.9 Å². The molecule has 10 nitrogen and oxygen atoms in total. The molecule has 1 aliphatic rings. The van der Waals surface area contributed by atoms with Crippen molar-refractivity contribution in [1.82, 2.24) is 15.1 Å². The zero-order chi connectivity index (χ0) is 19.4. The molecule has 1 fully saturated rings. The lowest BCUT2D eigenvalue weighted by molar-refractivity contribution is 0.0687. The summed E-state index contributed by atoms with van der Waals surface area (Å²) in [6, 6.07) is 9.50. The number of amides is 1. The van der Waals surface area contributed by atoms with Gasteiger partial charge in [-0.2, -0.15) is 0 Å². The van der Waals surface area contributed by atoms with Crippen LogP contribution in [0.1, 0.15) is 20.8 Å². The molecule has 1 unspecified atom stereocenters. The second-order valence-electron chi connectivity index (χ2n) is 5.76. The Balaban J connectivity index is 1.66. The first-order chi connectivity index (χ1) is 13.0. The quantitative estimate of drug-likeness (QED) is 0.633. The number of carboxylic acids is 1. The number of piperazine rings is 1. The van der Waals surface area contributed by atoms with E-state index in [1.54, 1.807) is 35.2 Å². The fourth-order valence-electron chi connectivity index (χ4n) is 2.77. The highest BCUT2D eigenvalue weighted by atomic mass is 32.2. The third-order valence-corrected chi connectivity index (χ3v) is 4.51. The molecule has 2 heterocycles. The molecule has 1 aromatic carbocycles. The van der Waals surface area contributed by atoms with Gasteiger partial charge in [0.15, 0.2) is 11.5 Å². The topological polar surface area (TPSA) is 136 Å². The molecule has 3 rings (SSSR count). The molecule has 0 saturated carbocycles. The van der Waals surface area contributed by atoms with Gasteiger partial charge >= 0.3 is 5.97 Å². The smallest absolute Gasteiger partial charge is 0.356 e. The number of rotatable bonds is 5. The Kier molecular flexibility index (Phi) is 5.62. The van der Waals surface area contributed by atoms with E-state index in [4.69, 9.17) is 9.66 Å². The van der Waals surface area contributed by atoms with Crippen molar-refractivity contribution in [3.8, 4) is 0 Å². The number of para-hydroxylation sites is 1. The molecule has 27 heavy (non-hydrogen) atoms. The summed E-state index contributed by atoms with van der Waals surface area (Å²) in [4.78, 5) is 27.2. The Morgan fingerprint density at radius 3 is 2.33 bits per heavy atom. The summed E-state index contributed by atoms with van der Waals surface area (Å²) in [6.07, 6.45) is 0. The van der Waals surface area contributed by atoms with E-state index in [0.717, 1.165) is 0 Å². The van der Waals surface area contributed by atoms with Gasteiger partial charge in [0.1, 0.15) is 0 Å². The van der Waals surface area contributed by atoms with Crippen molar-refractivity contribution < 1.29 is 23.5 Å². The summed E-state index contributed by atoms with van der Waals surface area (Å²) in [5.41, 5.74) is 0.484. The molecule has 0 aliphatic carbocycles. The molecule has 0 spiro atoms. The summed E-state index contributed by atoms with van der Waals surface area (Å²) in [7, 11) is 0. The molecule has 1 aromatic heterocycles. The van der Waals surface area contributed by atoms with Crippen molar-refractivity contribution >= 4 is 34.6 Å². The second kappa shape index (κ2) is 8.10. The van der Waals surface area contributed by atoms with Gasteiger partial charge in [-0.3, -0.25) is 14.1 Å². The third-order valence-electron chi connectivity index (χ3n) is 4.12. The van der Waals surface area contributed by atoms with Crippen LogP contribution in [0.15, 0.2) is 36.4 Å². The maximum Gasteiger partial charge on any atom is 0.356 e. The highest BCUT2D eigenvalue weighted by Gasteiger charge is 2.25. The zero-order valence-electron chi connectivity index (χ0n) is 14.1. The van der Waals surface area contributed by atoms with Crippen molar-refractivity contribution in [2.24, 2.45) is 0 Å². The molecule has 0 bridgehead atoms. The number of carbonyl (C=O) groups excluding carboxylic acids is 1. The van der Waals surface area contributed by atoms with Crippen molar-refractivity contribution in [2.45, 2.75) is 0 Å². The van der Waals surface area contributed by atoms with E-state index in [9.17, 15) is 13.8 Å². The fourth-order valence-corrected chi connectivity index (χ4v) is 3.14. The molecule has 3 N–H and O–H groups in total. The number of benzene rings is 1. The first-order valence-corrected chi connectivity index (χ1v) is 9.14. The number of aromatic nitrogens is 2. The maximum absolute atomic E-state index is 12.8. The molecule has 1 atom stereocenters. The number of hydrogen-bond acceptors (Lipinski definition) is 6. The number of carboxylic acid groups (broad SMARTS) is 1. The van der Waals surface area contributed by atoms with Gasteiger partial charge in [0.05, 0.1) is 11.3 Å². The Labute approximate surface area is 157 Å². The van der Waals surface area contributed by atoms with Crippen molar-refractivity contribution in [2.75, 3.05) is 35.8 Å². The fraction of sp³-hybridized carbons (Fsp3) is 0.250. The van der Waals surface area contributed by atoms with E-state index < -0.39 is 17.2 Å². The Morgan fingerprint density at radius 2 is 1.74 bits per heavy atom. The summed E-state index contributed by atoms with van der Waals surface area (Å²) in [5, 5.41) is 16.4. The van der Waals surface area contributed by atoms with Crippen LogP contribution in [0.4, 0.5) is 11.5 Å². The maximum atomic E-state index is 12.8. The number of carbonyl (C=O) groups is 2. The van der Waals surface area contributed by atoms with Gasteiger partial charge in [0.2, 0.25) is 0 Å². The molecule has 11 heteroatoms. The molecule has 2 aromatic rings. The van der Waals surface area contributed by atoms with Crippen LogP contribution in [-0.4, -0.2) is 67.0 Å². The van der Waals surface area contributed by atoms with Crippen LogP contribution in [0.5, 0.6) is 0 Å². The predicted molar refractivity (Wildman–Crippen MR) is 97.9 cm³/mol. The molecule has 1 aliphatic heterocycles. The number of anilines is 2. The van der Waals surface area contributed by atoms with Crippen LogP contribution < -0.4 is 9.62 Å². The predicted octanol–water partition coefficient (Wildman–Crippen LogP) is 0.686. The van der Waals surface area contributed by atoms with Gasteiger partial charge in [-0.25, -0.2) is 9.00 Å². The van der Waals surface area contributed by atoms with Gasteiger partial charge in [0, 0.05) is 26.2 Å². The van der Waals surface area contributed by atoms with Gasteiger partial charge in [-0.05, 0) is 24.3 Å². The van der Waals surface area contributed by atoms with Crippen LogP contribution in [0, 0.1) is 0 Å². The molecular weight excluding hydrogens is 374 g/mol. The van der Waals surface area contributed by atoms with Gasteiger partial charge < -0.3 is 14.9 Å². The first kappa shape index (κ1) is 18.7. The van der Waals surface area contributed by atoms with Crippen LogP contribution in [-0.2, 0) is 11.3 Å². The van der Waals surface area contributed by atoms with E-state index in [0.29, 0.717) is 43.2 Å². The second-order valence-corrected chi connectivity index (χ2v) is 6.46. The number of nitrogens with one attached hydrogen (secondary N) is 1. The van der Waals surface area contributed by atoms with E-state index in [1.807, 2.05) is 4.90 Å². The summed E-state index contributed by atoms with van der Waals surface area (Å²) >= 11 is -2.27. The van der Waals surface area contributed by atoms with Gasteiger partial charge in [0.25, 0.3) is 17.2 Å². The van der Waals surface area contributed by atoms with E-state index in [-0.39, 0.29) is 11.6 Å². The van der Waals surface area contributed by atoms with E-state index >= 15 is 0 Å². The minimum absolute atomic E-state index is 0.127. The Morgan fingerprint density at radius 1 is 1.04 bits per heavy atom. The number of aromatic carboxylic acids is 1. The molecule has 1 saturated heterocycles. The van der Waals surface area contributed by atoms with Crippen LogP contribution in [0.25, 0.3) is 0 Å². The lowest BCUT2D eigenvalue weighted by atomic mass is 10.1. The molecule has 142 valence electrons. The van der Waals surface area contributed by atoms with Crippen LogP contribution >= 0.6 is 0 Å². The largest absolute Gasteiger partial charge is 0.476 e. The van der Waals surface area contributed by atoms with Crippen LogP contribution in [0.3, 0.4) is 0 Å². The Hall–Kier alpha value is -3.05. The molecule has 1 amide bonds. The summed E-state index contributed by atoms with van der Waals surface area (Å²) in [6.45, 7) is 1.87. The monoisotopic (exact) mass is 391 g/mol. The minimum atomic E-state index is -2.27. The number of nitrogens with zero attached hydrogens (tertiary/aromatic N) is 4. The average molecular weight is 391 g/mol. The minimum Gasteiger partial charge on any atom is -0.476 e. The average Bonchev–Trinajstić information content (AvgIpc) is 2.68. The number of hydrogen-bond donors (Lipinski definition) is 3.